The lowest BCUT2D eigenvalue weighted by Gasteiger charge is -2.08. The summed E-state index contributed by atoms with van der Waals surface area (Å²) < 4.78 is 15.9. The summed E-state index contributed by atoms with van der Waals surface area (Å²) in [5.41, 5.74) is 0.945. The topological polar surface area (TPSA) is 147 Å². The molecule has 31 heavy (non-hydrogen) atoms. The molecule has 3 heterocycles. The number of aromatic amines is 2. The molecule has 0 amide bonds. The summed E-state index contributed by atoms with van der Waals surface area (Å²) in [5.74, 6) is -0.560. The maximum atomic E-state index is 14.4. The van der Waals surface area contributed by atoms with E-state index >= 15 is 0 Å². The number of imidazole rings is 1. The third kappa shape index (κ3) is 3.62. The molecule has 1 aliphatic rings. The number of aromatic hydroxyl groups is 1. The standard InChI is InChI=1S/C20H15FN8O2/c21-13-5-10(8-22)1-4-14(13)25-16-7-17(24-12-2-3-12)29-18(27-16)11(9-23-29)6-15-19(30)28-20(31)26-15/h1,4-7,9,12,25,30H,2-3H2,(H2,26,28,31)/b11-6-,24-17?. The lowest BCUT2D eigenvalue weighted by Crippen LogP contribution is -2.20. The van der Waals surface area contributed by atoms with Crippen LogP contribution in [0.2, 0.25) is 0 Å². The van der Waals surface area contributed by atoms with Gasteiger partial charge in [0, 0.05) is 11.3 Å². The van der Waals surface area contributed by atoms with Gasteiger partial charge in [0.25, 0.3) is 0 Å². The van der Waals surface area contributed by atoms with Gasteiger partial charge in [0.2, 0.25) is 5.88 Å². The number of nitrogens with one attached hydrogen (secondary N) is 3. The van der Waals surface area contributed by atoms with Crippen LogP contribution in [0.25, 0.3) is 11.7 Å². The maximum Gasteiger partial charge on any atom is 0.326 e. The van der Waals surface area contributed by atoms with Gasteiger partial charge in [-0.15, -0.1) is 0 Å². The van der Waals surface area contributed by atoms with Crippen molar-refractivity contribution in [3.63, 3.8) is 0 Å². The fourth-order valence-corrected chi connectivity index (χ4v) is 3.08. The normalized spacial score (nSPS) is 14.8. The van der Waals surface area contributed by atoms with Gasteiger partial charge in [-0.2, -0.15) is 14.9 Å². The van der Waals surface area contributed by atoms with Crippen molar-refractivity contribution in [2.24, 2.45) is 4.99 Å². The van der Waals surface area contributed by atoms with E-state index in [1.807, 2.05) is 6.07 Å². The Hall–Kier alpha value is -4.46. The van der Waals surface area contributed by atoms with E-state index in [4.69, 9.17) is 5.26 Å². The number of halogens is 1. The molecular formula is C20H15FN8O2. The summed E-state index contributed by atoms with van der Waals surface area (Å²) in [6, 6.07) is 7.86. The molecule has 11 heteroatoms. The summed E-state index contributed by atoms with van der Waals surface area (Å²) in [6.45, 7) is 0. The molecule has 0 saturated heterocycles. The summed E-state index contributed by atoms with van der Waals surface area (Å²) >= 11 is 0. The van der Waals surface area contributed by atoms with Crippen molar-refractivity contribution < 1.29 is 9.50 Å². The number of hydrogen-bond acceptors (Lipinski definition) is 7. The first kappa shape index (κ1) is 18.6. The zero-order valence-corrected chi connectivity index (χ0v) is 15.9. The zero-order valence-electron chi connectivity index (χ0n) is 15.9. The molecule has 10 nitrogen and oxygen atoms in total. The number of anilines is 2. The second kappa shape index (κ2) is 7.10. The number of benzene rings is 1. The van der Waals surface area contributed by atoms with Gasteiger partial charge in [0.1, 0.15) is 17.3 Å². The number of rotatable bonds is 4. The average molecular weight is 418 g/mol. The quantitative estimate of drug-likeness (QED) is 0.386. The van der Waals surface area contributed by atoms with Gasteiger partial charge in [0.05, 0.1) is 29.6 Å². The van der Waals surface area contributed by atoms with Crippen LogP contribution in [-0.4, -0.2) is 35.7 Å². The van der Waals surface area contributed by atoms with E-state index in [1.54, 1.807) is 10.6 Å². The summed E-state index contributed by atoms with van der Waals surface area (Å²) in [6.07, 6.45) is 5.02. The van der Waals surface area contributed by atoms with E-state index < -0.39 is 11.5 Å². The Balaban J connectivity index is 1.66. The Morgan fingerprint density at radius 1 is 1.35 bits per heavy atom. The predicted molar refractivity (Wildman–Crippen MR) is 108 cm³/mol. The number of hydrogen-bond donors (Lipinski definition) is 4. The molecule has 154 valence electrons. The van der Waals surface area contributed by atoms with Crippen LogP contribution in [0.1, 0.15) is 24.1 Å². The van der Waals surface area contributed by atoms with Crippen LogP contribution >= 0.6 is 0 Å². The van der Waals surface area contributed by atoms with Crippen LogP contribution in [0.3, 0.4) is 0 Å². The van der Waals surface area contributed by atoms with Gasteiger partial charge >= 0.3 is 5.69 Å². The van der Waals surface area contributed by atoms with E-state index in [0.29, 0.717) is 22.2 Å². The van der Waals surface area contributed by atoms with Crippen molar-refractivity contribution in [2.75, 3.05) is 5.32 Å². The van der Waals surface area contributed by atoms with Crippen LogP contribution in [0.4, 0.5) is 15.9 Å². The Bertz CT molecular complexity index is 1540. The number of H-pyrrole nitrogens is 2. The molecule has 3 aromatic heterocycles. The molecule has 0 spiro atoms. The van der Waals surface area contributed by atoms with E-state index in [9.17, 15) is 14.3 Å². The zero-order chi connectivity index (χ0) is 21.5. The third-order valence-electron chi connectivity index (χ3n) is 4.74. The Kier molecular flexibility index (Phi) is 4.25. The van der Waals surface area contributed by atoms with Crippen LogP contribution in [0.5, 0.6) is 5.88 Å². The van der Waals surface area contributed by atoms with Crippen LogP contribution < -0.4 is 21.7 Å². The Labute approximate surface area is 173 Å². The second-order valence-corrected chi connectivity index (χ2v) is 7.11. The molecule has 4 N–H and O–H groups in total. The minimum absolute atomic E-state index is 0.158. The minimum Gasteiger partial charge on any atom is -0.493 e. The molecule has 4 aromatic rings. The summed E-state index contributed by atoms with van der Waals surface area (Å²) in [4.78, 5) is 25.3. The fraction of sp³-hybridized carbons (Fsp3) is 0.150. The van der Waals surface area contributed by atoms with E-state index in [-0.39, 0.29) is 28.9 Å². The SMILES string of the molecule is N#Cc1ccc(Nc2cc(=NC3CC3)n3nc/c(=C/c4[nH]c(=O)[nH]c4O)c3n2)c(F)c1. The van der Waals surface area contributed by atoms with Gasteiger partial charge in [-0.05, 0) is 37.1 Å². The number of aromatic nitrogens is 5. The lowest BCUT2D eigenvalue weighted by molar-refractivity contribution is 0.454. The van der Waals surface area contributed by atoms with Gasteiger partial charge in [-0.1, -0.05) is 0 Å². The molecule has 0 aliphatic heterocycles. The molecule has 1 saturated carbocycles. The highest BCUT2D eigenvalue weighted by Crippen LogP contribution is 2.23. The molecule has 0 radical (unpaired) electrons. The minimum atomic E-state index is -0.587. The number of nitriles is 1. The lowest BCUT2D eigenvalue weighted by atomic mass is 10.2. The maximum absolute atomic E-state index is 14.4. The first-order chi connectivity index (χ1) is 15.0. The molecular weight excluding hydrogens is 403 g/mol. The molecule has 1 aromatic carbocycles. The van der Waals surface area contributed by atoms with Crippen molar-refractivity contribution in [2.45, 2.75) is 18.9 Å². The number of nitrogens with zero attached hydrogens (tertiary/aromatic N) is 5. The van der Waals surface area contributed by atoms with Gasteiger partial charge in [-0.25, -0.2) is 14.2 Å². The molecule has 1 aliphatic carbocycles. The Morgan fingerprint density at radius 2 is 2.19 bits per heavy atom. The largest absolute Gasteiger partial charge is 0.493 e. The highest BCUT2D eigenvalue weighted by atomic mass is 19.1. The molecule has 0 bridgehead atoms. The van der Waals surface area contributed by atoms with Crippen molar-refractivity contribution in [3.8, 4) is 11.9 Å². The van der Waals surface area contributed by atoms with E-state index in [2.05, 4.69) is 30.4 Å². The smallest absolute Gasteiger partial charge is 0.326 e. The van der Waals surface area contributed by atoms with Crippen LogP contribution in [0, 0.1) is 17.1 Å². The van der Waals surface area contributed by atoms with E-state index in [0.717, 1.165) is 18.9 Å². The van der Waals surface area contributed by atoms with Gasteiger partial charge < -0.3 is 15.4 Å². The monoisotopic (exact) mass is 418 g/mol. The predicted octanol–water partition coefficient (Wildman–Crippen LogP) is 0.816. The first-order valence-corrected chi connectivity index (χ1v) is 9.42. The Morgan fingerprint density at radius 3 is 2.87 bits per heavy atom. The number of fused-ring (bicyclic) bond motifs is 1. The summed E-state index contributed by atoms with van der Waals surface area (Å²) in [7, 11) is 0. The van der Waals surface area contributed by atoms with Crippen LogP contribution in [0.15, 0.2) is 40.2 Å². The molecule has 0 unspecified atom stereocenters. The highest BCUT2D eigenvalue weighted by molar-refractivity contribution is 5.62. The fourth-order valence-electron chi connectivity index (χ4n) is 3.08. The van der Waals surface area contributed by atoms with Crippen molar-refractivity contribution >= 4 is 23.2 Å². The summed E-state index contributed by atoms with van der Waals surface area (Å²) in [5, 5.41) is 26.5. The van der Waals surface area contributed by atoms with E-state index in [1.165, 1.54) is 24.4 Å². The van der Waals surface area contributed by atoms with Crippen molar-refractivity contribution in [3.05, 3.63) is 68.7 Å². The van der Waals surface area contributed by atoms with Gasteiger partial charge in [0.15, 0.2) is 11.1 Å². The third-order valence-corrected chi connectivity index (χ3v) is 4.74. The first-order valence-electron chi connectivity index (χ1n) is 9.42. The molecule has 1 fully saturated rings. The van der Waals surface area contributed by atoms with Crippen molar-refractivity contribution in [1.82, 2.24) is 24.6 Å². The molecule has 5 rings (SSSR count). The second-order valence-electron chi connectivity index (χ2n) is 7.11. The molecule has 0 atom stereocenters. The van der Waals surface area contributed by atoms with Crippen LogP contribution in [-0.2, 0) is 0 Å². The van der Waals surface area contributed by atoms with Gasteiger partial charge in [-0.3, -0.25) is 9.98 Å². The highest BCUT2D eigenvalue weighted by Gasteiger charge is 2.20. The average Bonchev–Trinajstić information content (AvgIpc) is 3.38. The van der Waals surface area contributed by atoms with Crippen molar-refractivity contribution in [1.29, 1.82) is 5.26 Å².